The minimum Gasteiger partial charge on any atom is -0.326 e. The number of likely N-dealkylation sites (N-methyl/N-ethyl adjacent to an activating group) is 1. The van der Waals surface area contributed by atoms with Crippen LogP contribution < -0.4 is 10.6 Å². The van der Waals surface area contributed by atoms with E-state index >= 15 is 0 Å². The number of anilines is 1. The number of nitrogens with one attached hydrogen (secondary N) is 2. The monoisotopic (exact) mass is 424 g/mol. The van der Waals surface area contributed by atoms with Crippen molar-refractivity contribution in [3.8, 4) is 0 Å². The predicted molar refractivity (Wildman–Crippen MR) is 107 cm³/mol. The SMILES string of the molecule is CN1CCN(S(=O)(=O)c2cccc(NC(=O)C3CCNC3)c2)CC1.Cl.Cl. The van der Waals surface area contributed by atoms with Gasteiger partial charge in [0.25, 0.3) is 0 Å². The molecule has 3 rings (SSSR count). The number of sulfonamides is 1. The molecule has 2 fully saturated rings. The van der Waals surface area contributed by atoms with Crippen LogP contribution in [0.5, 0.6) is 0 Å². The van der Waals surface area contributed by atoms with E-state index in [4.69, 9.17) is 0 Å². The molecule has 1 aromatic carbocycles. The van der Waals surface area contributed by atoms with Gasteiger partial charge in [0.15, 0.2) is 0 Å². The van der Waals surface area contributed by atoms with Crippen molar-refractivity contribution in [2.45, 2.75) is 11.3 Å². The van der Waals surface area contributed by atoms with Gasteiger partial charge in [0.1, 0.15) is 0 Å². The van der Waals surface area contributed by atoms with Crippen molar-refractivity contribution >= 4 is 46.4 Å². The lowest BCUT2D eigenvalue weighted by Crippen LogP contribution is -2.47. The Morgan fingerprint density at radius 1 is 1.19 bits per heavy atom. The highest BCUT2D eigenvalue weighted by atomic mass is 35.5. The first-order chi connectivity index (χ1) is 11.5. The van der Waals surface area contributed by atoms with E-state index in [0.29, 0.717) is 25.3 Å². The van der Waals surface area contributed by atoms with Gasteiger partial charge in [0.05, 0.1) is 10.8 Å². The Hall–Kier alpha value is -0.900. The van der Waals surface area contributed by atoms with E-state index in [2.05, 4.69) is 15.5 Å². The van der Waals surface area contributed by atoms with Crippen molar-refractivity contribution in [2.24, 2.45) is 5.92 Å². The molecule has 1 amide bonds. The van der Waals surface area contributed by atoms with Crippen LogP contribution in [0, 0.1) is 5.92 Å². The second-order valence-corrected chi connectivity index (χ2v) is 8.35. The molecule has 2 heterocycles. The molecule has 0 aliphatic carbocycles. The molecule has 10 heteroatoms. The van der Waals surface area contributed by atoms with Crippen LogP contribution in [0.25, 0.3) is 0 Å². The van der Waals surface area contributed by atoms with Crippen molar-refractivity contribution in [3.63, 3.8) is 0 Å². The molecule has 1 unspecified atom stereocenters. The molecule has 0 spiro atoms. The number of benzene rings is 1. The number of nitrogens with zero attached hydrogens (tertiary/aromatic N) is 2. The lowest BCUT2D eigenvalue weighted by molar-refractivity contribution is -0.119. The Morgan fingerprint density at radius 3 is 2.50 bits per heavy atom. The third-order valence-corrected chi connectivity index (χ3v) is 6.53. The molecule has 0 bridgehead atoms. The number of rotatable bonds is 4. The average Bonchev–Trinajstić information content (AvgIpc) is 3.10. The van der Waals surface area contributed by atoms with Crippen molar-refractivity contribution in [1.29, 1.82) is 0 Å². The molecule has 0 radical (unpaired) electrons. The van der Waals surface area contributed by atoms with Crippen molar-refractivity contribution in [3.05, 3.63) is 24.3 Å². The summed E-state index contributed by atoms with van der Waals surface area (Å²) in [5.74, 6) is -0.114. The summed E-state index contributed by atoms with van der Waals surface area (Å²) in [6, 6.07) is 6.53. The van der Waals surface area contributed by atoms with Gasteiger partial charge in [-0.25, -0.2) is 8.42 Å². The smallest absolute Gasteiger partial charge is 0.243 e. The van der Waals surface area contributed by atoms with Gasteiger partial charge >= 0.3 is 0 Å². The zero-order chi connectivity index (χ0) is 17.2. The Labute approximate surface area is 167 Å². The summed E-state index contributed by atoms with van der Waals surface area (Å²) in [7, 11) is -1.54. The van der Waals surface area contributed by atoms with E-state index in [1.54, 1.807) is 24.3 Å². The van der Waals surface area contributed by atoms with E-state index in [1.807, 2.05) is 7.05 Å². The molecule has 26 heavy (non-hydrogen) atoms. The average molecular weight is 425 g/mol. The molecule has 1 atom stereocenters. The minimum absolute atomic E-state index is 0. The van der Waals surface area contributed by atoms with Gasteiger partial charge in [-0.1, -0.05) is 6.07 Å². The van der Waals surface area contributed by atoms with E-state index < -0.39 is 10.0 Å². The summed E-state index contributed by atoms with van der Waals surface area (Å²) >= 11 is 0. The summed E-state index contributed by atoms with van der Waals surface area (Å²) in [6.45, 7) is 3.95. The number of carbonyl (C=O) groups is 1. The highest BCUT2D eigenvalue weighted by Gasteiger charge is 2.28. The third-order valence-electron chi connectivity index (χ3n) is 4.63. The molecule has 2 aliphatic rings. The topological polar surface area (TPSA) is 81.8 Å². The van der Waals surface area contributed by atoms with Crippen LogP contribution in [0.2, 0.25) is 0 Å². The molecule has 2 saturated heterocycles. The fraction of sp³-hybridized carbons (Fsp3) is 0.562. The molecular formula is C16H26Cl2N4O3S. The van der Waals surface area contributed by atoms with Gasteiger partial charge in [-0.05, 0) is 38.2 Å². The lowest BCUT2D eigenvalue weighted by Gasteiger charge is -2.31. The fourth-order valence-corrected chi connectivity index (χ4v) is 4.50. The number of carbonyl (C=O) groups excluding carboxylic acids is 1. The van der Waals surface area contributed by atoms with Gasteiger partial charge in [-0.3, -0.25) is 4.79 Å². The van der Waals surface area contributed by atoms with E-state index in [1.165, 1.54) is 4.31 Å². The molecule has 1 aromatic rings. The van der Waals surface area contributed by atoms with E-state index in [0.717, 1.165) is 26.1 Å². The van der Waals surface area contributed by atoms with Gasteiger partial charge < -0.3 is 15.5 Å². The summed E-state index contributed by atoms with van der Waals surface area (Å²) < 4.78 is 27.1. The second-order valence-electron chi connectivity index (χ2n) is 6.41. The van der Waals surface area contributed by atoms with Crippen LogP contribution in [0.1, 0.15) is 6.42 Å². The Morgan fingerprint density at radius 2 is 1.88 bits per heavy atom. The highest BCUT2D eigenvalue weighted by molar-refractivity contribution is 7.89. The van der Waals surface area contributed by atoms with Crippen LogP contribution >= 0.6 is 24.8 Å². The number of hydrogen-bond donors (Lipinski definition) is 2. The van der Waals surface area contributed by atoms with Crippen LogP contribution in [-0.4, -0.2) is 69.8 Å². The number of hydrogen-bond acceptors (Lipinski definition) is 5. The Bertz CT molecular complexity index is 703. The quantitative estimate of drug-likeness (QED) is 0.753. The molecule has 2 N–H and O–H groups in total. The van der Waals surface area contributed by atoms with Gasteiger partial charge in [-0.2, -0.15) is 4.31 Å². The molecular weight excluding hydrogens is 399 g/mol. The normalized spacial score (nSPS) is 21.5. The third kappa shape index (κ3) is 5.31. The van der Waals surface area contributed by atoms with Gasteiger partial charge in [0.2, 0.25) is 15.9 Å². The summed E-state index contributed by atoms with van der Waals surface area (Å²) in [6.07, 6.45) is 0.811. The summed E-state index contributed by atoms with van der Waals surface area (Å²) in [5, 5.41) is 5.99. The number of halogens is 2. The maximum absolute atomic E-state index is 12.8. The molecule has 0 aromatic heterocycles. The zero-order valence-corrected chi connectivity index (χ0v) is 17.1. The van der Waals surface area contributed by atoms with Crippen LogP contribution in [-0.2, 0) is 14.8 Å². The van der Waals surface area contributed by atoms with Gasteiger partial charge in [-0.15, -0.1) is 24.8 Å². The lowest BCUT2D eigenvalue weighted by atomic mass is 10.1. The first-order valence-electron chi connectivity index (χ1n) is 8.27. The minimum atomic E-state index is -3.52. The maximum atomic E-state index is 12.8. The van der Waals surface area contributed by atoms with Gasteiger partial charge in [0, 0.05) is 38.4 Å². The maximum Gasteiger partial charge on any atom is 0.243 e. The fourth-order valence-electron chi connectivity index (χ4n) is 3.03. The number of amides is 1. The van der Waals surface area contributed by atoms with Crippen LogP contribution in [0.4, 0.5) is 5.69 Å². The summed E-state index contributed by atoms with van der Waals surface area (Å²) in [4.78, 5) is 14.5. The molecule has 7 nitrogen and oxygen atoms in total. The predicted octanol–water partition coefficient (Wildman–Crippen LogP) is 1.01. The number of piperazine rings is 1. The Kier molecular flexibility index (Phi) is 8.78. The van der Waals surface area contributed by atoms with Crippen molar-refractivity contribution in [2.75, 3.05) is 51.6 Å². The zero-order valence-electron chi connectivity index (χ0n) is 14.7. The van der Waals surface area contributed by atoms with E-state index in [9.17, 15) is 13.2 Å². The van der Waals surface area contributed by atoms with Crippen LogP contribution in [0.3, 0.4) is 0 Å². The first-order valence-corrected chi connectivity index (χ1v) is 9.71. The summed E-state index contributed by atoms with van der Waals surface area (Å²) in [5.41, 5.74) is 0.530. The van der Waals surface area contributed by atoms with Crippen molar-refractivity contribution in [1.82, 2.24) is 14.5 Å². The highest BCUT2D eigenvalue weighted by Crippen LogP contribution is 2.21. The molecule has 2 aliphatic heterocycles. The molecule has 0 saturated carbocycles. The molecule has 148 valence electrons. The first kappa shape index (κ1) is 23.1. The van der Waals surface area contributed by atoms with E-state index in [-0.39, 0.29) is 41.5 Å². The van der Waals surface area contributed by atoms with Crippen molar-refractivity contribution < 1.29 is 13.2 Å². The Balaban J connectivity index is 0.00000169. The second kappa shape index (κ2) is 9.87. The standard InChI is InChI=1S/C16H24N4O3S.2ClH/c1-19-7-9-20(10-8-19)24(22,23)15-4-2-3-14(11-15)18-16(21)13-5-6-17-12-13;;/h2-4,11,13,17H,5-10,12H2,1H3,(H,18,21);2*1H. The largest absolute Gasteiger partial charge is 0.326 e. The van der Waals surface area contributed by atoms with Crippen LogP contribution in [0.15, 0.2) is 29.2 Å².